The fraction of sp³-hybridized carbons (Fsp3) is 0.167. The fourth-order valence-electron chi connectivity index (χ4n) is 0.575. The zero-order chi connectivity index (χ0) is 7.56. The molecule has 0 atom stereocenters. The molecule has 0 bridgehead atoms. The summed E-state index contributed by atoms with van der Waals surface area (Å²) in [5, 5.41) is 1.21. The first kappa shape index (κ1) is 7.82. The lowest BCUT2D eigenvalue weighted by Gasteiger charge is -1.97. The van der Waals surface area contributed by atoms with Crippen LogP contribution in [0.5, 0.6) is 0 Å². The number of alkyl halides is 1. The van der Waals surface area contributed by atoms with Crippen molar-refractivity contribution in [2.24, 2.45) is 0 Å². The summed E-state index contributed by atoms with van der Waals surface area (Å²) >= 11 is 8.89. The van der Waals surface area contributed by atoms with Crippen molar-refractivity contribution in [1.82, 2.24) is 4.98 Å². The quantitative estimate of drug-likeness (QED) is 0.739. The Morgan fingerprint density at radius 3 is 2.80 bits per heavy atom. The number of nitrogens with zero attached hydrogens (tertiary/aromatic N) is 1. The Hall–Kier alpha value is -0.280. The van der Waals surface area contributed by atoms with Crippen molar-refractivity contribution in [3.05, 3.63) is 22.8 Å². The molecule has 54 valence electrons. The van der Waals surface area contributed by atoms with Crippen LogP contribution in [0.25, 0.3) is 0 Å². The fourth-order valence-corrected chi connectivity index (χ4v) is 0.992. The Balaban J connectivity index is 3.04. The molecule has 0 aliphatic carbocycles. The molecule has 0 radical (unpaired) electrons. The van der Waals surface area contributed by atoms with E-state index in [-0.39, 0.29) is 0 Å². The molecule has 0 spiro atoms. The standard InChI is InChI=1S/C6H6BrClN2/c7-3-4-1-2-5(8)6(9)10-4/h1-2H,3H2,(H2,9,10). The van der Waals surface area contributed by atoms with Gasteiger partial charge in [-0.2, -0.15) is 0 Å². The Kier molecular flexibility index (Phi) is 2.51. The molecule has 4 heteroatoms. The molecular weight excluding hydrogens is 215 g/mol. The van der Waals surface area contributed by atoms with E-state index in [4.69, 9.17) is 17.3 Å². The lowest BCUT2D eigenvalue weighted by molar-refractivity contribution is 1.19. The Morgan fingerprint density at radius 2 is 2.30 bits per heavy atom. The number of aromatic nitrogens is 1. The van der Waals surface area contributed by atoms with Crippen molar-refractivity contribution >= 4 is 33.3 Å². The number of anilines is 1. The van der Waals surface area contributed by atoms with Crippen molar-refractivity contribution in [2.75, 3.05) is 5.73 Å². The zero-order valence-corrected chi connectivity index (χ0v) is 7.48. The second kappa shape index (κ2) is 3.21. The maximum atomic E-state index is 5.63. The lowest BCUT2D eigenvalue weighted by Crippen LogP contribution is -1.93. The van der Waals surface area contributed by atoms with E-state index >= 15 is 0 Å². The predicted molar refractivity (Wildman–Crippen MR) is 46.3 cm³/mol. The first-order chi connectivity index (χ1) is 4.74. The molecule has 2 nitrogen and oxygen atoms in total. The first-order valence-corrected chi connectivity index (χ1v) is 4.21. The highest BCUT2D eigenvalue weighted by molar-refractivity contribution is 9.08. The summed E-state index contributed by atoms with van der Waals surface area (Å²) in [7, 11) is 0. The van der Waals surface area contributed by atoms with Gasteiger partial charge in [-0.1, -0.05) is 27.5 Å². The largest absolute Gasteiger partial charge is 0.382 e. The summed E-state index contributed by atoms with van der Waals surface area (Å²) in [5.74, 6) is 0.388. The molecule has 1 aromatic rings. The van der Waals surface area contributed by atoms with Gasteiger partial charge in [0.2, 0.25) is 0 Å². The van der Waals surface area contributed by atoms with Crippen LogP contribution in [-0.4, -0.2) is 4.98 Å². The maximum Gasteiger partial charge on any atom is 0.142 e. The zero-order valence-electron chi connectivity index (χ0n) is 5.14. The number of hydrogen-bond donors (Lipinski definition) is 1. The van der Waals surface area contributed by atoms with Gasteiger partial charge < -0.3 is 5.73 Å². The van der Waals surface area contributed by atoms with Gasteiger partial charge in [0.15, 0.2) is 0 Å². The van der Waals surface area contributed by atoms with Crippen molar-refractivity contribution in [3.8, 4) is 0 Å². The Bertz CT molecular complexity index is 239. The second-order valence-electron chi connectivity index (χ2n) is 1.80. The topological polar surface area (TPSA) is 38.9 Å². The van der Waals surface area contributed by atoms with Gasteiger partial charge in [-0.25, -0.2) is 4.98 Å². The van der Waals surface area contributed by atoms with Gasteiger partial charge in [-0.15, -0.1) is 0 Å². The van der Waals surface area contributed by atoms with E-state index in [1.807, 2.05) is 6.07 Å². The van der Waals surface area contributed by atoms with Gasteiger partial charge in [0.1, 0.15) is 5.82 Å². The van der Waals surface area contributed by atoms with E-state index < -0.39 is 0 Å². The third kappa shape index (κ3) is 1.61. The number of pyridine rings is 1. The molecule has 0 saturated carbocycles. The highest BCUT2D eigenvalue weighted by Gasteiger charge is 1.97. The molecule has 1 aromatic heterocycles. The van der Waals surface area contributed by atoms with Crippen LogP contribution in [0.1, 0.15) is 5.69 Å². The summed E-state index contributed by atoms with van der Waals surface area (Å²) in [4.78, 5) is 3.99. The number of nitrogen functional groups attached to an aromatic ring is 1. The van der Waals surface area contributed by atoms with Crippen LogP contribution in [-0.2, 0) is 5.33 Å². The van der Waals surface area contributed by atoms with E-state index in [0.29, 0.717) is 16.2 Å². The van der Waals surface area contributed by atoms with Crippen molar-refractivity contribution in [3.63, 3.8) is 0 Å². The number of nitrogens with two attached hydrogens (primary N) is 1. The minimum atomic E-state index is 0.388. The predicted octanol–water partition coefficient (Wildman–Crippen LogP) is 2.21. The molecule has 1 rings (SSSR count). The van der Waals surface area contributed by atoms with Crippen molar-refractivity contribution in [1.29, 1.82) is 0 Å². The smallest absolute Gasteiger partial charge is 0.142 e. The van der Waals surface area contributed by atoms with Gasteiger partial charge in [-0.05, 0) is 12.1 Å². The summed E-state index contributed by atoms with van der Waals surface area (Å²) < 4.78 is 0. The minimum Gasteiger partial charge on any atom is -0.382 e. The van der Waals surface area contributed by atoms with E-state index in [9.17, 15) is 0 Å². The van der Waals surface area contributed by atoms with Crippen LogP contribution >= 0.6 is 27.5 Å². The molecule has 0 aliphatic heterocycles. The molecular formula is C6H6BrClN2. The highest BCUT2D eigenvalue weighted by atomic mass is 79.9. The highest BCUT2D eigenvalue weighted by Crippen LogP contribution is 2.16. The SMILES string of the molecule is Nc1nc(CBr)ccc1Cl. The average Bonchev–Trinajstić information content (AvgIpc) is 1.95. The summed E-state index contributed by atoms with van der Waals surface area (Å²) in [6.45, 7) is 0. The molecule has 0 amide bonds. The summed E-state index contributed by atoms with van der Waals surface area (Å²) in [5.41, 5.74) is 6.32. The average molecular weight is 221 g/mol. The first-order valence-electron chi connectivity index (χ1n) is 2.71. The van der Waals surface area contributed by atoms with E-state index in [1.54, 1.807) is 6.07 Å². The van der Waals surface area contributed by atoms with Gasteiger partial charge in [-0.3, -0.25) is 0 Å². The molecule has 1 heterocycles. The van der Waals surface area contributed by atoms with Crippen LogP contribution in [0.15, 0.2) is 12.1 Å². The third-order valence-electron chi connectivity index (χ3n) is 1.07. The van der Waals surface area contributed by atoms with Crippen LogP contribution in [0.3, 0.4) is 0 Å². The molecule has 0 aliphatic rings. The molecule has 0 fully saturated rings. The van der Waals surface area contributed by atoms with Crippen LogP contribution in [0.4, 0.5) is 5.82 Å². The molecule has 10 heavy (non-hydrogen) atoms. The van der Waals surface area contributed by atoms with E-state index in [0.717, 1.165) is 5.69 Å². The molecule has 0 saturated heterocycles. The summed E-state index contributed by atoms with van der Waals surface area (Å²) in [6, 6.07) is 3.56. The van der Waals surface area contributed by atoms with Gasteiger partial charge in [0.25, 0.3) is 0 Å². The van der Waals surface area contributed by atoms with Crippen LogP contribution in [0, 0.1) is 0 Å². The normalized spacial score (nSPS) is 9.80. The minimum absolute atomic E-state index is 0.388. The number of hydrogen-bond acceptors (Lipinski definition) is 2. The van der Waals surface area contributed by atoms with Crippen molar-refractivity contribution < 1.29 is 0 Å². The van der Waals surface area contributed by atoms with E-state index in [1.165, 1.54) is 0 Å². The third-order valence-corrected chi connectivity index (χ3v) is 1.96. The monoisotopic (exact) mass is 220 g/mol. The van der Waals surface area contributed by atoms with Crippen molar-refractivity contribution in [2.45, 2.75) is 5.33 Å². The maximum absolute atomic E-state index is 5.63. The van der Waals surface area contributed by atoms with Crippen LogP contribution in [0.2, 0.25) is 5.02 Å². The second-order valence-corrected chi connectivity index (χ2v) is 2.77. The van der Waals surface area contributed by atoms with Gasteiger partial charge in [0, 0.05) is 5.33 Å². The molecule has 0 unspecified atom stereocenters. The Morgan fingerprint density at radius 1 is 1.60 bits per heavy atom. The van der Waals surface area contributed by atoms with Gasteiger partial charge in [0.05, 0.1) is 10.7 Å². The van der Waals surface area contributed by atoms with E-state index in [2.05, 4.69) is 20.9 Å². The number of rotatable bonds is 1. The Labute approximate surface area is 72.5 Å². The van der Waals surface area contributed by atoms with Crippen LogP contribution < -0.4 is 5.73 Å². The summed E-state index contributed by atoms with van der Waals surface area (Å²) in [6.07, 6.45) is 0. The van der Waals surface area contributed by atoms with Gasteiger partial charge >= 0.3 is 0 Å². The lowest BCUT2D eigenvalue weighted by atomic mass is 10.4. The number of halogens is 2. The molecule has 0 aromatic carbocycles. The molecule has 2 N–H and O–H groups in total.